The number of nitrogens with zero attached hydrogens (tertiary/aromatic N) is 1. The predicted molar refractivity (Wildman–Crippen MR) is 65.8 cm³/mol. The molecule has 2 aromatic rings. The molecule has 0 bridgehead atoms. The van der Waals surface area contributed by atoms with E-state index in [-0.39, 0.29) is 0 Å². The number of ether oxygens (including phenoxy) is 1. The molecule has 16 heavy (non-hydrogen) atoms. The number of para-hydroxylation sites is 1. The number of benzene rings is 1. The largest absolute Gasteiger partial charge is 0.491 e. The van der Waals surface area contributed by atoms with E-state index in [4.69, 9.17) is 4.74 Å². The highest BCUT2D eigenvalue weighted by molar-refractivity contribution is 5.31. The second-order valence-corrected chi connectivity index (χ2v) is 4.04. The smallest absolute Gasteiger partial charge is 0.122 e. The van der Waals surface area contributed by atoms with E-state index < -0.39 is 0 Å². The summed E-state index contributed by atoms with van der Waals surface area (Å²) in [5.74, 6) is 0.978. The Balaban J connectivity index is 1.87. The first-order chi connectivity index (χ1) is 7.75. The molecule has 2 nitrogen and oxygen atoms in total. The van der Waals surface area contributed by atoms with E-state index in [2.05, 4.69) is 42.9 Å². The summed E-state index contributed by atoms with van der Waals surface area (Å²) in [5.41, 5.74) is 2.47. The SMILES string of the molecule is Cc1ccn(CCOc2ccccc2C)c1. The summed E-state index contributed by atoms with van der Waals surface area (Å²) >= 11 is 0. The van der Waals surface area contributed by atoms with Crippen molar-refractivity contribution in [3.05, 3.63) is 53.9 Å². The van der Waals surface area contributed by atoms with E-state index in [1.54, 1.807) is 0 Å². The molecule has 0 spiro atoms. The second kappa shape index (κ2) is 4.88. The van der Waals surface area contributed by atoms with Crippen molar-refractivity contribution < 1.29 is 4.74 Å². The van der Waals surface area contributed by atoms with Gasteiger partial charge in [0.25, 0.3) is 0 Å². The molecule has 1 heterocycles. The summed E-state index contributed by atoms with van der Waals surface area (Å²) in [4.78, 5) is 0. The fourth-order valence-corrected chi connectivity index (χ4v) is 1.68. The van der Waals surface area contributed by atoms with Crippen LogP contribution in [-0.2, 0) is 6.54 Å². The fourth-order valence-electron chi connectivity index (χ4n) is 1.68. The summed E-state index contributed by atoms with van der Waals surface area (Å²) in [7, 11) is 0. The number of hydrogen-bond acceptors (Lipinski definition) is 1. The average molecular weight is 215 g/mol. The van der Waals surface area contributed by atoms with Crippen molar-refractivity contribution in [2.45, 2.75) is 20.4 Å². The van der Waals surface area contributed by atoms with Crippen LogP contribution in [0, 0.1) is 13.8 Å². The van der Waals surface area contributed by atoms with E-state index in [0.717, 1.165) is 12.3 Å². The highest BCUT2D eigenvalue weighted by Crippen LogP contribution is 2.15. The lowest BCUT2D eigenvalue weighted by atomic mass is 10.2. The van der Waals surface area contributed by atoms with Gasteiger partial charge in [0.15, 0.2) is 0 Å². The van der Waals surface area contributed by atoms with Crippen molar-refractivity contribution in [2.24, 2.45) is 0 Å². The third kappa shape index (κ3) is 2.66. The maximum absolute atomic E-state index is 5.73. The summed E-state index contributed by atoms with van der Waals surface area (Å²) in [6.45, 7) is 5.76. The van der Waals surface area contributed by atoms with Gasteiger partial charge in [-0.15, -0.1) is 0 Å². The Kier molecular flexibility index (Phi) is 3.30. The molecule has 2 heteroatoms. The van der Waals surface area contributed by atoms with Crippen LogP contribution >= 0.6 is 0 Å². The Labute approximate surface area is 96.5 Å². The van der Waals surface area contributed by atoms with Crippen LogP contribution in [0.1, 0.15) is 11.1 Å². The molecule has 1 aromatic carbocycles. The number of rotatable bonds is 4. The number of aryl methyl sites for hydroxylation is 2. The molecule has 84 valence electrons. The van der Waals surface area contributed by atoms with E-state index >= 15 is 0 Å². The Morgan fingerprint density at radius 1 is 1.12 bits per heavy atom. The number of hydrogen-bond donors (Lipinski definition) is 0. The molecule has 0 aliphatic heterocycles. The van der Waals surface area contributed by atoms with E-state index in [9.17, 15) is 0 Å². The van der Waals surface area contributed by atoms with Gasteiger partial charge in [0.1, 0.15) is 12.4 Å². The van der Waals surface area contributed by atoms with Gasteiger partial charge >= 0.3 is 0 Å². The van der Waals surface area contributed by atoms with Crippen LogP contribution in [0.3, 0.4) is 0 Å². The van der Waals surface area contributed by atoms with Crippen molar-refractivity contribution in [1.29, 1.82) is 0 Å². The van der Waals surface area contributed by atoms with Crippen molar-refractivity contribution in [2.75, 3.05) is 6.61 Å². The van der Waals surface area contributed by atoms with E-state index in [1.807, 2.05) is 18.2 Å². The van der Waals surface area contributed by atoms with Crippen LogP contribution in [0.15, 0.2) is 42.7 Å². The lowest BCUT2D eigenvalue weighted by molar-refractivity contribution is 0.296. The van der Waals surface area contributed by atoms with Gasteiger partial charge in [-0.05, 0) is 37.1 Å². The quantitative estimate of drug-likeness (QED) is 0.764. The van der Waals surface area contributed by atoms with Crippen LogP contribution in [-0.4, -0.2) is 11.2 Å². The van der Waals surface area contributed by atoms with Crippen molar-refractivity contribution >= 4 is 0 Å². The molecule has 2 rings (SSSR count). The summed E-state index contributed by atoms with van der Waals surface area (Å²) < 4.78 is 7.88. The zero-order chi connectivity index (χ0) is 11.4. The predicted octanol–water partition coefficient (Wildman–Crippen LogP) is 3.18. The Morgan fingerprint density at radius 3 is 2.62 bits per heavy atom. The molecule has 0 unspecified atom stereocenters. The molecule has 0 radical (unpaired) electrons. The summed E-state index contributed by atoms with van der Waals surface area (Å²) in [6, 6.07) is 10.2. The van der Waals surface area contributed by atoms with Crippen molar-refractivity contribution in [3.8, 4) is 5.75 Å². The van der Waals surface area contributed by atoms with Crippen LogP contribution in [0.5, 0.6) is 5.75 Å². The molecule has 0 fully saturated rings. The highest BCUT2D eigenvalue weighted by Gasteiger charge is 1.97. The maximum Gasteiger partial charge on any atom is 0.122 e. The fraction of sp³-hybridized carbons (Fsp3) is 0.286. The van der Waals surface area contributed by atoms with Gasteiger partial charge < -0.3 is 9.30 Å². The summed E-state index contributed by atoms with van der Waals surface area (Å²) in [5, 5.41) is 0. The van der Waals surface area contributed by atoms with Gasteiger partial charge in [-0.1, -0.05) is 18.2 Å². The second-order valence-electron chi connectivity index (χ2n) is 4.04. The Morgan fingerprint density at radius 2 is 1.94 bits per heavy atom. The minimum absolute atomic E-state index is 0.707. The maximum atomic E-state index is 5.73. The third-order valence-corrected chi connectivity index (χ3v) is 2.60. The standard InChI is InChI=1S/C14H17NO/c1-12-7-8-15(11-12)9-10-16-14-6-4-3-5-13(14)2/h3-8,11H,9-10H2,1-2H3. The molecule has 0 saturated carbocycles. The molecule has 0 amide bonds. The van der Waals surface area contributed by atoms with Crippen molar-refractivity contribution in [3.63, 3.8) is 0 Å². The van der Waals surface area contributed by atoms with Gasteiger partial charge in [0.2, 0.25) is 0 Å². The van der Waals surface area contributed by atoms with E-state index in [0.29, 0.717) is 6.61 Å². The monoisotopic (exact) mass is 215 g/mol. The zero-order valence-corrected chi connectivity index (χ0v) is 9.81. The first kappa shape index (κ1) is 10.8. The van der Waals surface area contributed by atoms with Crippen LogP contribution < -0.4 is 4.74 Å². The summed E-state index contributed by atoms with van der Waals surface area (Å²) in [6.07, 6.45) is 4.21. The first-order valence-corrected chi connectivity index (χ1v) is 5.56. The van der Waals surface area contributed by atoms with Gasteiger partial charge in [-0.3, -0.25) is 0 Å². The topological polar surface area (TPSA) is 14.2 Å². The number of aromatic nitrogens is 1. The minimum Gasteiger partial charge on any atom is -0.491 e. The Hall–Kier alpha value is -1.70. The Bertz CT molecular complexity index is 459. The van der Waals surface area contributed by atoms with Gasteiger partial charge in [-0.2, -0.15) is 0 Å². The van der Waals surface area contributed by atoms with Gasteiger partial charge in [0, 0.05) is 12.4 Å². The van der Waals surface area contributed by atoms with Crippen molar-refractivity contribution in [1.82, 2.24) is 4.57 Å². The molecular weight excluding hydrogens is 198 g/mol. The molecule has 0 aliphatic carbocycles. The lowest BCUT2D eigenvalue weighted by Crippen LogP contribution is -2.06. The van der Waals surface area contributed by atoms with Crippen LogP contribution in [0.2, 0.25) is 0 Å². The molecule has 0 aliphatic rings. The van der Waals surface area contributed by atoms with Crippen LogP contribution in [0.25, 0.3) is 0 Å². The van der Waals surface area contributed by atoms with Gasteiger partial charge in [0.05, 0.1) is 6.54 Å². The van der Waals surface area contributed by atoms with E-state index in [1.165, 1.54) is 11.1 Å². The normalized spacial score (nSPS) is 10.4. The molecule has 0 atom stereocenters. The molecule has 0 N–H and O–H groups in total. The van der Waals surface area contributed by atoms with Crippen LogP contribution in [0.4, 0.5) is 0 Å². The molecule has 1 aromatic heterocycles. The third-order valence-electron chi connectivity index (χ3n) is 2.60. The first-order valence-electron chi connectivity index (χ1n) is 5.56. The molecular formula is C14H17NO. The molecule has 0 saturated heterocycles. The average Bonchev–Trinajstić information content (AvgIpc) is 2.67. The minimum atomic E-state index is 0.707. The lowest BCUT2D eigenvalue weighted by Gasteiger charge is -2.09. The zero-order valence-electron chi connectivity index (χ0n) is 9.81. The highest BCUT2D eigenvalue weighted by atomic mass is 16.5. The van der Waals surface area contributed by atoms with Gasteiger partial charge in [-0.25, -0.2) is 0 Å².